The van der Waals surface area contributed by atoms with Crippen molar-refractivity contribution in [2.24, 2.45) is 0 Å². The van der Waals surface area contributed by atoms with E-state index in [1.807, 2.05) is 0 Å². The number of nitrogens with one attached hydrogen (secondary N) is 1. The molecule has 0 aromatic heterocycles. The Morgan fingerprint density at radius 1 is 1.28 bits per heavy atom. The van der Waals surface area contributed by atoms with E-state index in [0.717, 1.165) is 12.3 Å². The molecule has 0 aliphatic carbocycles. The Morgan fingerprint density at radius 3 is 2.48 bits per heavy atom. The lowest BCUT2D eigenvalue weighted by Gasteiger charge is -2.26. The lowest BCUT2D eigenvalue weighted by Crippen LogP contribution is -2.31. The summed E-state index contributed by atoms with van der Waals surface area (Å²) in [7, 11) is -3.78. The summed E-state index contributed by atoms with van der Waals surface area (Å²) in [6.07, 6.45) is 0.902. The van der Waals surface area contributed by atoms with Gasteiger partial charge in [0.25, 0.3) is 5.69 Å². The van der Waals surface area contributed by atoms with Crippen molar-refractivity contribution in [3.63, 3.8) is 0 Å². The Balaban J connectivity index is 2.30. The molecule has 7 nitrogen and oxygen atoms in total. The fourth-order valence-electron chi connectivity index (χ4n) is 2.34. The normalized spacial score (nSPS) is 13.9. The van der Waals surface area contributed by atoms with Crippen LogP contribution in [0.25, 0.3) is 0 Å². The maximum Gasteiger partial charge on any atom is 0.288 e. The number of hydrogen-bond acceptors (Lipinski definition) is 6. The molecule has 0 aliphatic heterocycles. The third-order valence-corrected chi connectivity index (χ3v) is 5.10. The van der Waals surface area contributed by atoms with Crippen molar-refractivity contribution < 1.29 is 18.4 Å². The van der Waals surface area contributed by atoms with Crippen molar-refractivity contribution in [1.82, 2.24) is 0 Å². The maximum atomic E-state index is 11.8. The van der Waals surface area contributed by atoms with E-state index >= 15 is 0 Å². The zero-order chi connectivity index (χ0) is 18.8. The van der Waals surface area contributed by atoms with E-state index in [2.05, 4.69) is 5.32 Å². The molecule has 0 spiro atoms. The van der Waals surface area contributed by atoms with Gasteiger partial charge in [0, 0.05) is 35.1 Å². The molecule has 2 N–H and O–H groups in total. The standard InChI is InChI=1S/C16H17ClN2O5S/c1-16(20,12-5-3-4-6-13(12)17)10-18-11-7-8-14(19(21)22)15(9-11)25(2,23)24/h3-9,18,20H,10H2,1-2H3. The summed E-state index contributed by atoms with van der Waals surface area (Å²) in [5.74, 6) is 0. The predicted molar refractivity (Wildman–Crippen MR) is 95.7 cm³/mol. The van der Waals surface area contributed by atoms with Crippen LogP contribution in [0.1, 0.15) is 12.5 Å². The van der Waals surface area contributed by atoms with Gasteiger partial charge in [-0.3, -0.25) is 10.1 Å². The van der Waals surface area contributed by atoms with Crippen LogP contribution in [0.5, 0.6) is 0 Å². The van der Waals surface area contributed by atoms with Crippen molar-refractivity contribution in [1.29, 1.82) is 0 Å². The van der Waals surface area contributed by atoms with Gasteiger partial charge in [-0.1, -0.05) is 29.8 Å². The summed E-state index contributed by atoms with van der Waals surface area (Å²) in [6, 6.07) is 10.5. The first-order chi connectivity index (χ1) is 11.5. The summed E-state index contributed by atoms with van der Waals surface area (Å²) in [4.78, 5) is 9.85. The minimum absolute atomic E-state index is 0.0255. The van der Waals surface area contributed by atoms with E-state index in [0.29, 0.717) is 16.3 Å². The number of nitro groups is 1. The lowest BCUT2D eigenvalue weighted by atomic mass is 9.96. The van der Waals surface area contributed by atoms with Crippen LogP contribution in [0.3, 0.4) is 0 Å². The molecule has 9 heteroatoms. The van der Waals surface area contributed by atoms with Gasteiger partial charge in [-0.25, -0.2) is 8.42 Å². The summed E-state index contributed by atoms with van der Waals surface area (Å²) in [5.41, 5.74) is -0.982. The summed E-state index contributed by atoms with van der Waals surface area (Å²) >= 11 is 6.09. The van der Waals surface area contributed by atoms with E-state index in [-0.39, 0.29) is 11.4 Å². The van der Waals surface area contributed by atoms with Gasteiger partial charge in [-0.05, 0) is 25.1 Å². The van der Waals surface area contributed by atoms with Crippen molar-refractivity contribution in [3.05, 3.63) is 63.2 Å². The van der Waals surface area contributed by atoms with E-state index in [1.165, 1.54) is 12.1 Å². The molecule has 2 rings (SSSR count). The first-order valence-electron chi connectivity index (χ1n) is 7.22. The number of anilines is 1. The van der Waals surface area contributed by atoms with Crippen LogP contribution in [-0.4, -0.2) is 31.2 Å². The third kappa shape index (κ3) is 4.47. The highest BCUT2D eigenvalue weighted by molar-refractivity contribution is 7.90. The quantitative estimate of drug-likeness (QED) is 0.585. The minimum Gasteiger partial charge on any atom is -0.384 e. The van der Waals surface area contributed by atoms with E-state index < -0.39 is 26.0 Å². The highest BCUT2D eigenvalue weighted by atomic mass is 35.5. The minimum atomic E-state index is -3.78. The molecule has 0 saturated carbocycles. The monoisotopic (exact) mass is 384 g/mol. The number of nitrogens with zero attached hydrogens (tertiary/aromatic N) is 1. The Hall–Kier alpha value is -2.16. The van der Waals surface area contributed by atoms with Crippen LogP contribution in [-0.2, 0) is 15.4 Å². The molecule has 134 valence electrons. The van der Waals surface area contributed by atoms with Gasteiger partial charge in [-0.2, -0.15) is 0 Å². The molecule has 0 fully saturated rings. The van der Waals surface area contributed by atoms with Crippen molar-refractivity contribution in [2.75, 3.05) is 18.1 Å². The Morgan fingerprint density at radius 2 is 1.92 bits per heavy atom. The molecule has 0 heterocycles. The molecule has 0 bridgehead atoms. The van der Waals surface area contributed by atoms with Gasteiger partial charge in [0.05, 0.1) is 4.92 Å². The highest BCUT2D eigenvalue weighted by Gasteiger charge is 2.26. The fourth-order valence-corrected chi connectivity index (χ4v) is 3.54. The second-order valence-electron chi connectivity index (χ2n) is 5.82. The summed E-state index contributed by atoms with van der Waals surface area (Å²) in [5, 5.41) is 24.9. The first kappa shape index (κ1) is 19.2. The molecule has 1 atom stereocenters. The number of sulfone groups is 1. The van der Waals surface area contributed by atoms with Crippen LogP contribution in [0.2, 0.25) is 5.02 Å². The van der Waals surface area contributed by atoms with Crippen LogP contribution < -0.4 is 5.32 Å². The molecule has 0 amide bonds. The predicted octanol–water partition coefficient (Wildman–Crippen LogP) is 2.97. The number of aliphatic hydroxyl groups is 1. The number of halogens is 1. The SMILES string of the molecule is CC(O)(CNc1ccc([N+](=O)[O-])c(S(C)(=O)=O)c1)c1ccccc1Cl. The maximum absolute atomic E-state index is 11.8. The zero-order valence-corrected chi connectivity index (χ0v) is 15.1. The topological polar surface area (TPSA) is 110 Å². The van der Waals surface area contributed by atoms with Crippen molar-refractivity contribution in [2.45, 2.75) is 17.4 Å². The molecule has 0 saturated heterocycles. The molecule has 2 aromatic rings. The Kier molecular flexibility index (Phi) is 5.36. The number of rotatable bonds is 6. The van der Waals surface area contributed by atoms with E-state index in [1.54, 1.807) is 31.2 Å². The molecular formula is C16H17ClN2O5S. The Bertz CT molecular complexity index is 912. The summed E-state index contributed by atoms with van der Waals surface area (Å²) in [6.45, 7) is 1.59. The zero-order valence-electron chi connectivity index (χ0n) is 13.6. The molecule has 1 unspecified atom stereocenters. The fraction of sp³-hybridized carbons (Fsp3) is 0.250. The number of hydrogen-bond donors (Lipinski definition) is 2. The second-order valence-corrected chi connectivity index (χ2v) is 8.21. The van der Waals surface area contributed by atoms with Crippen molar-refractivity contribution in [3.8, 4) is 0 Å². The van der Waals surface area contributed by atoms with Gasteiger partial charge in [0.2, 0.25) is 0 Å². The van der Waals surface area contributed by atoms with Crippen LogP contribution in [0.4, 0.5) is 11.4 Å². The lowest BCUT2D eigenvalue weighted by molar-refractivity contribution is -0.387. The summed E-state index contributed by atoms with van der Waals surface area (Å²) < 4.78 is 23.6. The smallest absolute Gasteiger partial charge is 0.288 e. The average molecular weight is 385 g/mol. The van der Waals surface area contributed by atoms with E-state index in [9.17, 15) is 23.6 Å². The first-order valence-corrected chi connectivity index (χ1v) is 9.49. The van der Waals surface area contributed by atoms with Crippen molar-refractivity contribution >= 4 is 32.8 Å². The molecule has 0 aliphatic rings. The van der Waals surface area contributed by atoms with Gasteiger partial charge < -0.3 is 10.4 Å². The van der Waals surface area contributed by atoms with E-state index in [4.69, 9.17) is 11.6 Å². The van der Waals surface area contributed by atoms with Gasteiger partial charge in [0.15, 0.2) is 9.84 Å². The van der Waals surface area contributed by atoms with Crippen LogP contribution >= 0.6 is 11.6 Å². The van der Waals surface area contributed by atoms with Gasteiger partial charge >= 0.3 is 0 Å². The van der Waals surface area contributed by atoms with Crippen LogP contribution in [0.15, 0.2) is 47.4 Å². The number of nitro benzene ring substituents is 1. The number of benzene rings is 2. The average Bonchev–Trinajstić information content (AvgIpc) is 2.52. The van der Waals surface area contributed by atoms with Gasteiger partial charge in [-0.15, -0.1) is 0 Å². The van der Waals surface area contributed by atoms with Gasteiger partial charge in [0.1, 0.15) is 10.5 Å². The molecule has 0 radical (unpaired) electrons. The largest absolute Gasteiger partial charge is 0.384 e. The molecular weight excluding hydrogens is 368 g/mol. The third-order valence-electron chi connectivity index (χ3n) is 3.65. The van der Waals surface area contributed by atoms with Crippen LogP contribution in [0, 0.1) is 10.1 Å². The Labute approximate surface area is 150 Å². The molecule has 2 aromatic carbocycles. The highest BCUT2D eigenvalue weighted by Crippen LogP contribution is 2.30. The molecule has 25 heavy (non-hydrogen) atoms. The second kappa shape index (κ2) is 6.99.